The van der Waals surface area contributed by atoms with Gasteiger partial charge >= 0.3 is 0 Å². The van der Waals surface area contributed by atoms with E-state index in [1.807, 2.05) is 18.2 Å². The van der Waals surface area contributed by atoms with Gasteiger partial charge in [-0.25, -0.2) is 9.18 Å². The third-order valence-electron chi connectivity index (χ3n) is 3.19. The van der Waals surface area contributed by atoms with E-state index in [9.17, 15) is 9.18 Å². The van der Waals surface area contributed by atoms with Crippen LogP contribution in [-0.2, 0) is 10.3 Å². The molecule has 1 saturated carbocycles. The van der Waals surface area contributed by atoms with Crippen LogP contribution in [0.2, 0.25) is 0 Å². The van der Waals surface area contributed by atoms with Gasteiger partial charge in [-0.2, -0.15) is 4.99 Å². The molecule has 1 aliphatic carbocycles. The molecular weight excluding hydrogens is 221 g/mol. The maximum atomic E-state index is 13.7. The summed E-state index contributed by atoms with van der Waals surface area (Å²) in [5, 5.41) is 0. The highest BCUT2D eigenvalue weighted by molar-refractivity contribution is 5.46. The summed E-state index contributed by atoms with van der Waals surface area (Å²) < 4.78 is 18.9. The highest BCUT2D eigenvalue weighted by Gasteiger charge is 2.55. The lowest BCUT2D eigenvalue weighted by Gasteiger charge is -2.46. The maximum Gasteiger partial charge on any atom is 0.235 e. The van der Waals surface area contributed by atoms with Crippen molar-refractivity contribution in [3.05, 3.63) is 29.8 Å². The molecule has 1 aromatic carbocycles. The average Bonchev–Trinajstić information content (AvgIpc) is 2.26. The number of aliphatic imine (C=N–C) groups is 1. The van der Waals surface area contributed by atoms with Crippen LogP contribution in [0.5, 0.6) is 5.75 Å². The summed E-state index contributed by atoms with van der Waals surface area (Å²) >= 11 is 0. The number of ether oxygens (including phenoxy) is 1. The first-order chi connectivity index (χ1) is 8.03. The number of isocyanates is 1. The quantitative estimate of drug-likeness (QED) is 0.597. The molecule has 0 saturated heterocycles. The summed E-state index contributed by atoms with van der Waals surface area (Å²) in [6, 6.07) is 7.25. The molecule has 0 spiro atoms. The molecule has 0 aliphatic heterocycles. The molecule has 0 atom stereocenters. The van der Waals surface area contributed by atoms with Gasteiger partial charge in [0.1, 0.15) is 17.0 Å². The third kappa shape index (κ3) is 1.96. The SMILES string of the molecule is COc1ccccc1C1(N=C=O)CC(C)(F)C1. The minimum Gasteiger partial charge on any atom is -0.496 e. The molecule has 1 fully saturated rings. The molecule has 0 amide bonds. The van der Waals surface area contributed by atoms with Crippen LogP contribution in [0.1, 0.15) is 25.3 Å². The standard InChI is InChI=1S/C13H14FNO2/c1-12(14)7-13(8-12,15-9-16)10-5-3-4-6-11(10)17-2/h3-6H,7-8H2,1-2H3. The highest BCUT2D eigenvalue weighted by atomic mass is 19.1. The second-order valence-electron chi connectivity index (χ2n) is 4.70. The van der Waals surface area contributed by atoms with E-state index in [0.29, 0.717) is 5.75 Å². The van der Waals surface area contributed by atoms with Crippen LogP contribution in [-0.4, -0.2) is 18.9 Å². The molecule has 4 heteroatoms. The number of methoxy groups -OCH3 is 1. The van der Waals surface area contributed by atoms with Crippen LogP contribution in [0.15, 0.2) is 29.3 Å². The summed E-state index contributed by atoms with van der Waals surface area (Å²) in [6.07, 6.45) is 1.93. The Morgan fingerprint density at radius 3 is 2.59 bits per heavy atom. The molecule has 0 unspecified atom stereocenters. The Kier molecular flexibility index (Phi) is 2.76. The van der Waals surface area contributed by atoms with Crippen LogP contribution < -0.4 is 4.74 Å². The molecule has 0 radical (unpaired) electrons. The smallest absolute Gasteiger partial charge is 0.235 e. The Balaban J connectivity index is 2.45. The fraction of sp³-hybridized carbons (Fsp3) is 0.462. The van der Waals surface area contributed by atoms with Crippen molar-refractivity contribution in [3.63, 3.8) is 0 Å². The summed E-state index contributed by atoms with van der Waals surface area (Å²) in [5.74, 6) is 0.627. The van der Waals surface area contributed by atoms with Crippen molar-refractivity contribution in [2.24, 2.45) is 4.99 Å². The van der Waals surface area contributed by atoms with E-state index in [1.165, 1.54) is 6.92 Å². The number of nitrogens with zero attached hydrogens (tertiary/aromatic N) is 1. The van der Waals surface area contributed by atoms with Crippen molar-refractivity contribution in [2.75, 3.05) is 7.11 Å². The van der Waals surface area contributed by atoms with Gasteiger partial charge in [0.15, 0.2) is 0 Å². The number of hydrogen-bond acceptors (Lipinski definition) is 3. The lowest BCUT2D eigenvalue weighted by Crippen LogP contribution is -2.49. The van der Waals surface area contributed by atoms with Crippen LogP contribution in [0.25, 0.3) is 0 Å². The normalized spacial score (nSPS) is 31.2. The number of alkyl halides is 1. The van der Waals surface area contributed by atoms with E-state index in [4.69, 9.17) is 4.74 Å². The Labute approximate surface area is 99.3 Å². The van der Waals surface area contributed by atoms with Gasteiger partial charge in [-0.15, -0.1) is 0 Å². The zero-order chi connectivity index (χ0) is 12.5. The van der Waals surface area contributed by atoms with Crippen molar-refractivity contribution in [3.8, 4) is 5.75 Å². The first kappa shape index (κ1) is 11.8. The van der Waals surface area contributed by atoms with Crippen LogP contribution in [0.4, 0.5) is 4.39 Å². The Bertz CT molecular complexity index is 470. The molecule has 17 heavy (non-hydrogen) atoms. The van der Waals surface area contributed by atoms with E-state index < -0.39 is 11.2 Å². The number of para-hydroxylation sites is 1. The number of halogens is 1. The second-order valence-corrected chi connectivity index (χ2v) is 4.70. The summed E-state index contributed by atoms with van der Waals surface area (Å²) in [5.41, 5.74) is -1.33. The van der Waals surface area contributed by atoms with Gasteiger partial charge in [-0.05, 0) is 13.0 Å². The van der Waals surface area contributed by atoms with Crippen LogP contribution >= 0.6 is 0 Å². The molecule has 1 aliphatic rings. The van der Waals surface area contributed by atoms with Crippen LogP contribution in [0.3, 0.4) is 0 Å². The third-order valence-corrected chi connectivity index (χ3v) is 3.19. The molecule has 0 bridgehead atoms. The Hall–Kier alpha value is -1.67. The van der Waals surface area contributed by atoms with Gasteiger partial charge in [0.2, 0.25) is 6.08 Å². The summed E-state index contributed by atoms with van der Waals surface area (Å²) in [7, 11) is 1.55. The average molecular weight is 235 g/mol. The monoisotopic (exact) mass is 235 g/mol. The molecular formula is C13H14FNO2. The Morgan fingerprint density at radius 1 is 1.41 bits per heavy atom. The van der Waals surface area contributed by atoms with Crippen molar-refractivity contribution in [2.45, 2.75) is 31.0 Å². The lowest BCUT2D eigenvalue weighted by molar-refractivity contribution is 0.00178. The first-order valence-corrected chi connectivity index (χ1v) is 5.44. The minimum atomic E-state index is -1.28. The number of rotatable bonds is 3. The van der Waals surface area contributed by atoms with E-state index in [1.54, 1.807) is 19.3 Å². The van der Waals surface area contributed by atoms with E-state index in [2.05, 4.69) is 4.99 Å². The molecule has 0 aromatic heterocycles. The fourth-order valence-electron chi connectivity index (χ4n) is 2.61. The topological polar surface area (TPSA) is 38.7 Å². The molecule has 0 N–H and O–H groups in total. The largest absolute Gasteiger partial charge is 0.496 e. The predicted molar refractivity (Wildman–Crippen MR) is 61.5 cm³/mol. The number of hydrogen-bond donors (Lipinski definition) is 0. The van der Waals surface area contributed by atoms with E-state index in [0.717, 1.165) is 5.56 Å². The summed E-state index contributed by atoms with van der Waals surface area (Å²) in [6.45, 7) is 1.51. The van der Waals surface area contributed by atoms with Crippen LogP contribution in [0, 0.1) is 0 Å². The number of carbonyl (C=O) groups excluding carboxylic acids is 1. The summed E-state index contributed by atoms with van der Waals surface area (Å²) in [4.78, 5) is 14.4. The maximum absolute atomic E-state index is 13.7. The van der Waals surface area contributed by atoms with Gasteiger partial charge in [0.05, 0.1) is 7.11 Å². The number of benzene rings is 1. The zero-order valence-corrected chi connectivity index (χ0v) is 9.87. The Morgan fingerprint density at radius 2 is 2.06 bits per heavy atom. The van der Waals surface area contributed by atoms with Gasteiger partial charge in [-0.3, -0.25) is 0 Å². The first-order valence-electron chi connectivity index (χ1n) is 5.44. The lowest BCUT2D eigenvalue weighted by atomic mass is 9.64. The highest BCUT2D eigenvalue weighted by Crippen LogP contribution is 2.55. The molecule has 1 aromatic rings. The van der Waals surface area contributed by atoms with E-state index in [-0.39, 0.29) is 12.8 Å². The van der Waals surface area contributed by atoms with Gasteiger partial charge < -0.3 is 4.74 Å². The molecule has 90 valence electrons. The zero-order valence-electron chi connectivity index (χ0n) is 9.87. The van der Waals surface area contributed by atoms with Gasteiger partial charge in [-0.1, -0.05) is 18.2 Å². The molecule has 3 nitrogen and oxygen atoms in total. The fourth-order valence-corrected chi connectivity index (χ4v) is 2.61. The molecule has 2 rings (SSSR count). The van der Waals surface area contributed by atoms with Gasteiger partial charge in [0, 0.05) is 18.4 Å². The van der Waals surface area contributed by atoms with Crippen molar-refractivity contribution in [1.82, 2.24) is 0 Å². The predicted octanol–water partition coefficient (Wildman–Crippen LogP) is 2.75. The van der Waals surface area contributed by atoms with Gasteiger partial charge in [0.25, 0.3) is 0 Å². The van der Waals surface area contributed by atoms with E-state index >= 15 is 0 Å². The molecule has 0 heterocycles. The van der Waals surface area contributed by atoms with Crippen molar-refractivity contribution < 1.29 is 13.9 Å². The van der Waals surface area contributed by atoms with Crippen molar-refractivity contribution >= 4 is 6.08 Å². The minimum absolute atomic E-state index is 0.190. The second kappa shape index (κ2) is 3.97. The van der Waals surface area contributed by atoms with Crippen molar-refractivity contribution in [1.29, 1.82) is 0 Å².